The molecule has 4 rings (SSSR count). The van der Waals surface area contributed by atoms with Gasteiger partial charge >= 0.3 is 0 Å². The summed E-state index contributed by atoms with van der Waals surface area (Å²) in [5.41, 5.74) is 1.35. The van der Waals surface area contributed by atoms with Gasteiger partial charge in [0.05, 0.1) is 0 Å². The van der Waals surface area contributed by atoms with E-state index in [4.69, 9.17) is 11.6 Å². The third-order valence-corrected chi connectivity index (χ3v) is 8.78. The van der Waals surface area contributed by atoms with E-state index < -0.39 is 0 Å². The molecule has 4 fully saturated rings. The van der Waals surface area contributed by atoms with Gasteiger partial charge < -0.3 is 0 Å². The van der Waals surface area contributed by atoms with Gasteiger partial charge in [0.25, 0.3) is 0 Å². The summed E-state index contributed by atoms with van der Waals surface area (Å²) in [7, 11) is 0. The Balaban J connectivity index is 1.62. The Kier molecular flexibility index (Phi) is 3.23. The van der Waals surface area contributed by atoms with Crippen molar-refractivity contribution >= 4 is 11.6 Å². The lowest BCUT2D eigenvalue weighted by atomic mass is 9.45. The molecule has 4 aliphatic rings. The van der Waals surface area contributed by atoms with E-state index in [1.165, 1.54) is 64.2 Å². The van der Waals surface area contributed by atoms with Crippen LogP contribution in [-0.2, 0) is 0 Å². The summed E-state index contributed by atoms with van der Waals surface area (Å²) in [4.78, 5) is 0. The zero-order valence-corrected chi connectivity index (χ0v) is 14.1. The van der Waals surface area contributed by atoms with Crippen LogP contribution in [0.2, 0.25) is 0 Å². The molecular formula is C19H31Cl. The fourth-order valence-electron chi connectivity index (χ4n) is 7.20. The van der Waals surface area contributed by atoms with E-state index in [0.29, 0.717) is 16.2 Å². The molecule has 7 atom stereocenters. The first-order chi connectivity index (χ1) is 9.53. The molecule has 4 aliphatic carbocycles. The highest BCUT2D eigenvalue weighted by molar-refractivity contribution is 6.20. The Morgan fingerprint density at radius 2 is 1.70 bits per heavy atom. The summed E-state index contributed by atoms with van der Waals surface area (Å²) in [5.74, 6) is 4.09. The van der Waals surface area contributed by atoms with Crippen molar-refractivity contribution in [3.05, 3.63) is 0 Å². The summed E-state index contributed by atoms with van der Waals surface area (Å²) in [6.45, 7) is 5.26. The predicted octanol–water partition coefficient (Wildman–Crippen LogP) is 6.03. The van der Waals surface area contributed by atoms with Crippen molar-refractivity contribution in [2.45, 2.75) is 83.4 Å². The van der Waals surface area contributed by atoms with Gasteiger partial charge in [-0.1, -0.05) is 20.3 Å². The summed E-state index contributed by atoms with van der Waals surface area (Å²) in [5, 5.41) is 0.477. The minimum atomic E-state index is 0.477. The monoisotopic (exact) mass is 294 g/mol. The molecule has 0 N–H and O–H groups in total. The molecular weight excluding hydrogens is 264 g/mol. The van der Waals surface area contributed by atoms with Gasteiger partial charge in [0.2, 0.25) is 0 Å². The van der Waals surface area contributed by atoms with Crippen LogP contribution in [0.1, 0.15) is 78.1 Å². The Morgan fingerprint density at radius 1 is 0.850 bits per heavy atom. The molecule has 0 spiro atoms. The van der Waals surface area contributed by atoms with E-state index in [2.05, 4.69) is 13.8 Å². The normalized spacial score (nSPS) is 58.6. The van der Waals surface area contributed by atoms with Crippen molar-refractivity contribution in [2.75, 3.05) is 0 Å². The van der Waals surface area contributed by atoms with Gasteiger partial charge in [-0.3, -0.25) is 0 Å². The van der Waals surface area contributed by atoms with Crippen LogP contribution in [-0.4, -0.2) is 5.38 Å². The van der Waals surface area contributed by atoms with Crippen LogP contribution in [0, 0.1) is 34.5 Å². The lowest BCUT2D eigenvalue weighted by molar-refractivity contribution is -0.102. The third-order valence-electron chi connectivity index (χ3n) is 8.38. The van der Waals surface area contributed by atoms with Crippen molar-refractivity contribution in [3.63, 3.8) is 0 Å². The zero-order valence-electron chi connectivity index (χ0n) is 13.3. The number of hydrogen-bond donors (Lipinski definition) is 0. The maximum absolute atomic E-state index is 6.48. The maximum atomic E-state index is 6.48. The average molecular weight is 295 g/mol. The van der Waals surface area contributed by atoms with Gasteiger partial charge in [0.1, 0.15) is 0 Å². The minimum absolute atomic E-state index is 0.477. The standard InChI is InChI=1S/C19H31Cl/c1-18-9-3-4-16(18)15-6-5-13-12-14(20)7-11-19(13,2)17(15)8-10-18/h13-17H,3-12H2,1-2H3/t13-,14?,15?,16?,17?,18?,19?/m0/s1. The quantitative estimate of drug-likeness (QED) is 0.479. The van der Waals surface area contributed by atoms with E-state index >= 15 is 0 Å². The highest BCUT2D eigenvalue weighted by Crippen LogP contribution is 2.66. The average Bonchev–Trinajstić information content (AvgIpc) is 2.81. The molecule has 0 amide bonds. The Labute approximate surface area is 130 Å². The molecule has 0 radical (unpaired) electrons. The van der Waals surface area contributed by atoms with E-state index in [1.54, 1.807) is 0 Å². The second-order valence-corrected chi connectivity index (χ2v) is 9.73. The van der Waals surface area contributed by atoms with Gasteiger partial charge in [0, 0.05) is 5.38 Å². The lowest BCUT2D eigenvalue weighted by Crippen LogP contribution is -2.52. The molecule has 0 saturated heterocycles. The predicted molar refractivity (Wildman–Crippen MR) is 86.0 cm³/mol. The van der Waals surface area contributed by atoms with Crippen molar-refractivity contribution in [3.8, 4) is 0 Å². The fraction of sp³-hybridized carbons (Fsp3) is 1.00. The first-order valence-corrected chi connectivity index (χ1v) is 9.61. The molecule has 0 aromatic heterocycles. The van der Waals surface area contributed by atoms with Crippen molar-refractivity contribution in [2.24, 2.45) is 34.5 Å². The number of alkyl halides is 1. The molecule has 20 heavy (non-hydrogen) atoms. The highest BCUT2D eigenvalue weighted by atomic mass is 35.5. The molecule has 0 aromatic carbocycles. The van der Waals surface area contributed by atoms with Crippen molar-refractivity contribution < 1.29 is 0 Å². The van der Waals surface area contributed by atoms with Crippen molar-refractivity contribution in [1.82, 2.24) is 0 Å². The molecule has 0 bridgehead atoms. The highest BCUT2D eigenvalue weighted by Gasteiger charge is 2.57. The van der Waals surface area contributed by atoms with E-state index in [9.17, 15) is 0 Å². The molecule has 1 heteroatoms. The largest absolute Gasteiger partial charge is 0.123 e. The molecule has 0 aromatic rings. The first-order valence-electron chi connectivity index (χ1n) is 9.17. The zero-order chi connectivity index (χ0) is 14.0. The Bertz CT molecular complexity index is 391. The molecule has 0 aliphatic heterocycles. The Hall–Kier alpha value is 0.290. The first kappa shape index (κ1) is 13.9. The second kappa shape index (κ2) is 4.64. The molecule has 114 valence electrons. The summed E-state index contributed by atoms with van der Waals surface area (Å²) in [6.07, 6.45) is 14.6. The van der Waals surface area contributed by atoms with E-state index in [0.717, 1.165) is 23.7 Å². The number of fused-ring (bicyclic) bond motifs is 5. The lowest BCUT2D eigenvalue weighted by Gasteiger charge is -2.60. The molecule has 4 saturated carbocycles. The minimum Gasteiger partial charge on any atom is -0.123 e. The number of rotatable bonds is 0. The van der Waals surface area contributed by atoms with E-state index in [1.807, 2.05) is 0 Å². The SMILES string of the molecule is CC12CCCC1C1CC[C@H]3CC(Cl)CCC3(C)C1CC2. The Morgan fingerprint density at radius 3 is 2.55 bits per heavy atom. The van der Waals surface area contributed by atoms with Gasteiger partial charge in [-0.2, -0.15) is 0 Å². The second-order valence-electron chi connectivity index (χ2n) is 9.11. The van der Waals surface area contributed by atoms with Crippen LogP contribution in [0.5, 0.6) is 0 Å². The molecule has 0 nitrogen and oxygen atoms in total. The van der Waals surface area contributed by atoms with E-state index in [-0.39, 0.29) is 0 Å². The maximum Gasteiger partial charge on any atom is 0.0339 e. The summed E-state index contributed by atoms with van der Waals surface area (Å²) < 4.78 is 0. The van der Waals surface area contributed by atoms with Crippen LogP contribution < -0.4 is 0 Å². The van der Waals surface area contributed by atoms with Crippen LogP contribution in [0.25, 0.3) is 0 Å². The van der Waals surface area contributed by atoms with Gasteiger partial charge in [0.15, 0.2) is 0 Å². The molecule has 0 heterocycles. The topological polar surface area (TPSA) is 0 Å². The van der Waals surface area contributed by atoms with Gasteiger partial charge in [-0.05, 0) is 92.3 Å². The fourth-order valence-corrected chi connectivity index (χ4v) is 7.52. The van der Waals surface area contributed by atoms with Crippen LogP contribution in [0.4, 0.5) is 0 Å². The summed E-state index contributed by atoms with van der Waals surface area (Å²) in [6, 6.07) is 0. The van der Waals surface area contributed by atoms with Crippen molar-refractivity contribution in [1.29, 1.82) is 0 Å². The molecule has 6 unspecified atom stereocenters. The number of hydrogen-bond acceptors (Lipinski definition) is 0. The smallest absolute Gasteiger partial charge is 0.0339 e. The van der Waals surface area contributed by atoms with Gasteiger partial charge in [-0.25, -0.2) is 0 Å². The van der Waals surface area contributed by atoms with Crippen LogP contribution in [0.3, 0.4) is 0 Å². The number of halogens is 1. The van der Waals surface area contributed by atoms with Crippen LogP contribution in [0.15, 0.2) is 0 Å². The van der Waals surface area contributed by atoms with Crippen LogP contribution >= 0.6 is 11.6 Å². The summed E-state index contributed by atoms with van der Waals surface area (Å²) >= 11 is 6.48. The third kappa shape index (κ3) is 1.86. The van der Waals surface area contributed by atoms with Gasteiger partial charge in [-0.15, -0.1) is 11.6 Å².